The minimum Gasteiger partial charge on any atom is -0.391 e. The van der Waals surface area contributed by atoms with E-state index >= 15 is 0 Å². The molecular weight excluding hydrogens is 252 g/mol. The molecule has 2 N–H and O–H groups in total. The number of pyridine rings is 1. The Balaban J connectivity index is 2.50. The van der Waals surface area contributed by atoms with Crippen molar-refractivity contribution in [2.45, 2.75) is 33.3 Å². The first-order valence-corrected chi connectivity index (χ1v) is 6.23. The van der Waals surface area contributed by atoms with Crippen LogP contribution in [-0.4, -0.2) is 28.6 Å². The van der Waals surface area contributed by atoms with Crippen molar-refractivity contribution >= 4 is 17.5 Å². The number of hydrogen-bond acceptors (Lipinski definition) is 3. The SMILES string of the molecule is CC(C)(C)CC(O)CNC(=O)c1ccncc1Cl. The molecule has 0 aromatic carbocycles. The van der Waals surface area contributed by atoms with Gasteiger partial charge in [0, 0.05) is 18.9 Å². The van der Waals surface area contributed by atoms with Gasteiger partial charge in [0.2, 0.25) is 0 Å². The van der Waals surface area contributed by atoms with E-state index in [-0.39, 0.29) is 17.9 Å². The van der Waals surface area contributed by atoms with E-state index in [0.717, 1.165) is 0 Å². The van der Waals surface area contributed by atoms with Gasteiger partial charge in [-0.2, -0.15) is 0 Å². The largest absolute Gasteiger partial charge is 0.391 e. The molecule has 1 atom stereocenters. The second-order valence-corrected chi connectivity index (χ2v) is 5.89. The van der Waals surface area contributed by atoms with Crippen LogP contribution in [0.4, 0.5) is 0 Å². The lowest BCUT2D eigenvalue weighted by Gasteiger charge is -2.22. The standard InChI is InChI=1S/C13H19ClN2O2/c1-13(2,3)6-9(17)7-16-12(18)10-4-5-15-8-11(10)14/h4-5,8-9,17H,6-7H2,1-3H3,(H,16,18). The van der Waals surface area contributed by atoms with Crippen molar-refractivity contribution in [1.82, 2.24) is 10.3 Å². The van der Waals surface area contributed by atoms with Gasteiger partial charge in [-0.3, -0.25) is 9.78 Å². The van der Waals surface area contributed by atoms with Crippen molar-refractivity contribution in [3.05, 3.63) is 29.0 Å². The highest BCUT2D eigenvalue weighted by Crippen LogP contribution is 2.20. The van der Waals surface area contributed by atoms with Crippen LogP contribution in [0, 0.1) is 5.41 Å². The molecule has 100 valence electrons. The Kier molecular flexibility index (Phi) is 5.11. The highest BCUT2D eigenvalue weighted by molar-refractivity contribution is 6.33. The van der Waals surface area contributed by atoms with Crippen LogP contribution in [0.2, 0.25) is 5.02 Å². The minimum atomic E-state index is -0.561. The Morgan fingerprint density at radius 3 is 2.78 bits per heavy atom. The van der Waals surface area contributed by atoms with E-state index < -0.39 is 6.10 Å². The fraction of sp³-hybridized carbons (Fsp3) is 0.538. The maximum Gasteiger partial charge on any atom is 0.252 e. The molecular formula is C13H19ClN2O2. The zero-order valence-corrected chi connectivity index (χ0v) is 11.7. The Hall–Kier alpha value is -1.13. The molecule has 0 aliphatic rings. The first-order chi connectivity index (χ1) is 8.29. The fourth-order valence-corrected chi connectivity index (χ4v) is 1.85. The number of halogens is 1. The van der Waals surface area contributed by atoms with Crippen molar-refractivity contribution in [2.24, 2.45) is 5.41 Å². The molecule has 0 spiro atoms. The first kappa shape index (κ1) is 14.9. The van der Waals surface area contributed by atoms with Crippen LogP contribution < -0.4 is 5.32 Å². The number of carbonyl (C=O) groups excluding carboxylic acids is 1. The summed E-state index contributed by atoms with van der Waals surface area (Å²) in [6.07, 6.45) is 2.99. The molecule has 1 unspecified atom stereocenters. The topological polar surface area (TPSA) is 62.2 Å². The van der Waals surface area contributed by atoms with Gasteiger partial charge in [-0.25, -0.2) is 0 Å². The summed E-state index contributed by atoms with van der Waals surface area (Å²) < 4.78 is 0. The summed E-state index contributed by atoms with van der Waals surface area (Å²) in [6, 6.07) is 1.55. The normalized spacial score (nSPS) is 13.2. The zero-order chi connectivity index (χ0) is 13.8. The van der Waals surface area contributed by atoms with Crippen molar-refractivity contribution in [3.63, 3.8) is 0 Å². The smallest absolute Gasteiger partial charge is 0.252 e. The summed E-state index contributed by atoms with van der Waals surface area (Å²) in [5, 5.41) is 12.8. The Morgan fingerprint density at radius 1 is 1.56 bits per heavy atom. The zero-order valence-electron chi connectivity index (χ0n) is 10.9. The Bertz CT molecular complexity index is 416. The molecule has 1 aromatic heterocycles. The number of rotatable bonds is 4. The number of aromatic nitrogens is 1. The average molecular weight is 271 g/mol. The molecule has 1 aromatic rings. The van der Waals surface area contributed by atoms with Crippen molar-refractivity contribution < 1.29 is 9.90 Å². The fourth-order valence-electron chi connectivity index (χ4n) is 1.64. The predicted octanol–water partition coefficient (Wildman–Crippen LogP) is 2.26. The molecule has 1 heterocycles. The number of nitrogens with one attached hydrogen (secondary N) is 1. The maximum atomic E-state index is 11.8. The van der Waals surface area contributed by atoms with Gasteiger partial charge in [0.25, 0.3) is 5.91 Å². The Morgan fingerprint density at radius 2 is 2.22 bits per heavy atom. The van der Waals surface area contributed by atoms with Gasteiger partial charge in [0.05, 0.1) is 16.7 Å². The third-order valence-electron chi connectivity index (χ3n) is 2.36. The summed E-state index contributed by atoms with van der Waals surface area (Å²) >= 11 is 5.86. The van der Waals surface area contributed by atoms with Gasteiger partial charge in [-0.05, 0) is 17.9 Å². The van der Waals surface area contributed by atoms with Gasteiger partial charge in [-0.15, -0.1) is 0 Å². The van der Waals surface area contributed by atoms with Gasteiger partial charge < -0.3 is 10.4 Å². The van der Waals surface area contributed by atoms with E-state index in [2.05, 4.69) is 10.3 Å². The van der Waals surface area contributed by atoms with Crippen molar-refractivity contribution in [3.8, 4) is 0 Å². The summed E-state index contributed by atoms with van der Waals surface area (Å²) in [4.78, 5) is 15.6. The molecule has 0 aliphatic carbocycles. The van der Waals surface area contributed by atoms with Crippen LogP contribution in [-0.2, 0) is 0 Å². The maximum absolute atomic E-state index is 11.8. The highest BCUT2D eigenvalue weighted by atomic mass is 35.5. The van der Waals surface area contributed by atoms with E-state index in [1.165, 1.54) is 12.4 Å². The van der Waals surface area contributed by atoms with Crippen molar-refractivity contribution in [1.29, 1.82) is 0 Å². The summed E-state index contributed by atoms with van der Waals surface area (Å²) in [5.74, 6) is -0.296. The average Bonchev–Trinajstić information content (AvgIpc) is 2.24. The second-order valence-electron chi connectivity index (χ2n) is 5.48. The van der Waals surface area contributed by atoms with Gasteiger partial charge in [-0.1, -0.05) is 32.4 Å². The highest BCUT2D eigenvalue weighted by Gasteiger charge is 2.18. The molecule has 1 amide bonds. The summed E-state index contributed by atoms with van der Waals surface area (Å²) in [5.41, 5.74) is 0.396. The van der Waals surface area contributed by atoms with Crippen LogP contribution in [0.25, 0.3) is 0 Å². The monoisotopic (exact) mass is 270 g/mol. The number of carbonyl (C=O) groups is 1. The number of hydrogen-bond donors (Lipinski definition) is 2. The number of nitrogens with zero attached hydrogens (tertiary/aromatic N) is 1. The molecule has 0 saturated carbocycles. The molecule has 0 saturated heterocycles. The summed E-state index contributed by atoms with van der Waals surface area (Å²) in [6.45, 7) is 6.34. The van der Waals surface area contributed by atoms with Gasteiger partial charge >= 0.3 is 0 Å². The lowest BCUT2D eigenvalue weighted by atomic mass is 9.89. The van der Waals surface area contributed by atoms with Crippen LogP contribution in [0.3, 0.4) is 0 Å². The van der Waals surface area contributed by atoms with Crippen molar-refractivity contribution in [2.75, 3.05) is 6.54 Å². The van der Waals surface area contributed by atoms with E-state index in [0.29, 0.717) is 17.0 Å². The van der Waals surface area contributed by atoms with Gasteiger partial charge in [0.15, 0.2) is 0 Å². The quantitative estimate of drug-likeness (QED) is 0.882. The number of amides is 1. The van der Waals surface area contributed by atoms with Gasteiger partial charge in [0.1, 0.15) is 0 Å². The lowest BCUT2D eigenvalue weighted by Crippen LogP contribution is -2.34. The molecule has 0 radical (unpaired) electrons. The van der Waals surface area contributed by atoms with E-state index in [1.807, 2.05) is 20.8 Å². The lowest BCUT2D eigenvalue weighted by molar-refractivity contribution is 0.0868. The van der Waals surface area contributed by atoms with Crippen LogP contribution in [0.1, 0.15) is 37.6 Å². The third kappa shape index (κ3) is 5.02. The molecule has 0 bridgehead atoms. The van der Waals surface area contributed by atoms with E-state index in [1.54, 1.807) is 6.07 Å². The minimum absolute atomic E-state index is 0.0262. The number of aliphatic hydroxyl groups is 1. The molecule has 0 fully saturated rings. The molecule has 0 aliphatic heterocycles. The summed E-state index contributed by atoms with van der Waals surface area (Å²) in [7, 11) is 0. The third-order valence-corrected chi connectivity index (χ3v) is 2.66. The first-order valence-electron chi connectivity index (χ1n) is 5.85. The van der Waals surface area contributed by atoms with E-state index in [9.17, 15) is 9.90 Å². The molecule has 5 heteroatoms. The molecule has 4 nitrogen and oxygen atoms in total. The van der Waals surface area contributed by atoms with E-state index in [4.69, 9.17) is 11.6 Å². The van der Waals surface area contributed by atoms with Crippen LogP contribution in [0.15, 0.2) is 18.5 Å². The number of aliphatic hydroxyl groups excluding tert-OH is 1. The Labute approximate surface area is 112 Å². The van der Waals surface area contributed by atoms with Crippen LogP contribution >= 0.6 is 11.6 Å². The molecule has 18 heavy (non-hydrogen) atoms. The second kappa shape index (κ2) is 6.16. The van der Waals surface area contributed by atoms with Crippen LogP contribution in [0.5, 0.6) is 0 Å². The molecule has 1 rings (SSSR count). The predicted molar refractivity (Wildman–Crippen MR) is 71.7 cm³/mol.